The van der Waals surface area contributed by atoms with Gasteiger partial charge in [-0.1, -0.05) is 86.6 Å². The van der Waals surface area contributed by atoms with Gasteiger partial charge in [-0.3, -0.25) is 0 Å². The van der Waals surface area contributed by atoms with E-state index >= 15 is 0 Å². The summed E-state index contributed by atoms with van der Waals surface area (Å²) in [5.74, 6) is 0.0667. The summed E-state index contributed by atoms with van der Waals surface area (Å²) in [4.78, 5) is 15.5. The minimum atomic E-state index is -0.232. The Labute approximate surface area is 201 Å². The summed E-state index contributed by atoms with van der Waals surface area (Å²) in [5, 5.41) is 0. The Kier molecular flexibility index (Phi) is 5.22. The van der Waals surface area contributed by atoms with Crippen molar-refractivity contribution >= 4 is 6.09 Å². The Bertz CT molecular complexity index is 1190. The van der Waals surface area contributed by atoms with Crippen LogP contribution >= 0.6 is 0 Å². The summed E-state index contributed by atoms with van der Waals surface area (Å²) in [6, 6.07) is 25.4. The van der Waals surface area contributed by atoms with E-state index in [1.807, 2.05) is 4.90 Å². The van der Waals surface area contributed by atoms with Gasteiger partial charge in [0.25, 0.3) is 0 Å². The molecule has 34 heavy (non-hydrogen) atoms. The Morgan fingerprint density at radius 1 is 0.941 bits per heavy atom. The van der Waals surface area contributed by atoms with E-state index in [4.69, 9.17) is 9.47 Å². The van der Waals surface area contributed by atoms with Crippen molar-refractivity contribution < 1.29 is 14.3 Å². The summed E-state index contributed by atoms with van der Waals surface area (Å²) in [6.45, 7) is 6.17. The zero-order valence-electron chi connectivity index (χ0n) is 19.9. The van der Waals surface area contributed by atoms with E-state index < -0.39 is 0 Å². The predicted octanol–water partition coefficient (Wildman–Crippen LogP) is 6.35. The third-order valence-corrected chi connectivity index (χ3v) is 7.71. The highest BCUT2D eigenvalue weighted by atomic mass is 16.6. The van der Waals surface area contributed by atoms with Gasteiger partial charge in [-0.05, 0) is 51.6 Å². The van der Waals surface area contributed by atoms with Gasteiger partial charge in [-0.2, -0.15) is 0 Å². The summed E-state index contributed by atoms with van der Waals surface area (Å²) in [7, 11) is 0. The number of hydrogen-bond acceptors (Lipinski definition) is 3. The number of nitrogens with zero attached hydrogens (tertiary/aromatic N) is 1. The molecule has 3 aromatic carbocycles. The molecule has 0 radical (unpaired) electrons. The molecule has 4 nitrogen and oxygen atoms in total. The number of carbonyl (C=O) groups is 1. The molecule has 0 aromatic heterocycles. The van der Waals surface area contributed by atoms with Crippen LogP contribution in [0.5, 0.6) is 0 Å². The van der Waals surface area contributed by atoms with Crippen LogP contribution in [0.25, 0.3) is 11.1 Å². The summed E-state index contributed by atoms with van der Waals surface area (Å²) in [6.07, 6.45) is 1.49. The van der Waals surface area contributed by atoms with Crippen LogP contribution < -0.4 is 0 Å². The van der Waals surface area contributed by atoms with Crippen LogP contribution in [-0.4, -0.2) is 36.8 Å². The molecule has 2 atom stereocenters. The van der Waals surface area contributed by atoms with E-state index in [-0.39, 0.29) is 29.6 Å². The van der Waals surface area contributed by atoms with Crippen LogP contribution in [0, 0.1) is 5.41 Å². The van der Waals surface area contributed by atoms with Gasteiger partial charge in [0.05, 0.1) is 12.6 Å². The highest BCUT2D eigenvalue weighted by Crippen LogP contribution is 2.46. The van der Waals surface area contributed by atoms with E-state index in [2.05, 4.69) is 86.6 Å². The van der Waals surface area contributed by atoms with Crippen molar-refractivity contribution in [1.82, 2.24) is 4.90 Å². The number of likely N-dealkylation sites (tertiary alicyclic amines) is 1. The Morgan fingerprint density at radius 2 is 1.56 bits per heavy atom. The van der Waals surface area contributed by atoms with Crippen LogP contribution in [-0.2, 0) is 15.9 Å². The first-order valence-electron chi connectivity index (χ1n) is 12.3. The third-order valence-electron chi connectivity index (χ3n) is 7.71. The van der Waals surface area contributed by atoms with Gasteiger partial charge in [0.1, 0.15) is 12.7 Å². The van der Waals surface area contributed by atoms with E-state index in [0.717, 1.165) is 12.8 Å². The molecular formula is C30H31NO3. The largest absolute Gasteiger partial charge is 0.448 e. The van der Waals surface area contributed by atoms with Crippen molar-refractivity contribution in [1.29, 1.82) is 0 Å². The van der Waals surface area contributed by atoms with Gasteiger partial charge in [0.15, 0.2) is 0 Å². The van der Waals surface area contributed by atoms with Crippen LogP contribution in [0.1, 0.15) is 54.5 Å². The monoisotopic (exact) mass is 453 g/mol. The molecule has 2 aliphatic heterocycles. The lowest BCUT2D eigenvalue weighted by Crippen LogP contribution is -2.42. The first kappa shape index (κ1) is 21.4. The Morgan fingerprint density at radius 3 is 2.26 bits per heavy atom. The fourth-order valence-electron chi connectivity index (χ4n) is 6.21. The summed E-state index contributed by atoms with van der Waals surface area (Å²) >= 11 is 0. The fourth-order valence-corrected chi connectivity index (χ4v) is 6.21. The maximum atomic E-state index is 13.5. The third kappa shape index (κ3) is 3.61. The first-order chi connectivity index (χ1) is 16.5. The van der Waals surface area contributed by atoms with Crippen molar-refractivity contribution in [2.24, 2.45) is 5.41 Å². The number of benzene rings is 3. The van der Waals surface area contributed by atoms with Gasteiger partial charge in [-0.15, -0.1) is 0 Å². The van der Waals surface area contributed by atoms with Crippen LogP contribution in [0.2, 0.25) is 0 Å². The van der Waals surface area contributed by atoms with Gasteiger partial charge < -0.3 is 14.4 Å². The zero-order chi connectivity index (χ0) is 23.3. The second-order valence-corrected chi connectivity index (χ2v) is 10.6. The number of fused-ring (bicyclic) bond motifs is 4. The minimum absolute atomic E-state index is 0.0198. The van der Waals surface area contributed by atoms with Gasteiger partial charge in [-0.25, -0.2) is 4.79 Å². The fraction of sp³-hybridized carbons (Fsp3) is 0.367. The molecule has 6 rings (SSSR count). The molecule has 0 bridgehead atoms. The first-order valence-corrected chi connectivity index (χ1v) is 12.3. The molecule has 1 saturated heterocycles. The molecular weight excluding hydrogens is 422 g/mol. The molecule has 0 spiro atoms. The standard InChI is InChI=1S/C30H31NO3/c1-30(2)17-27(28-21-10-4-3-9-20(21)15-16-33-28)31(19-30)29(32)34-18-26-24-13-7-5-11-22(24)23-12-6-8-14-25(23)26/h3-14,26-28H,15-19H2,1-2H3/t27?,28-/m0/s1. The van der Waals surface area contributed by atoms with Gasteiger partial charge in [0.2, 0.25) is 0 Å². The molecule has 3 aliphatic rings. The number of amides is 1. The molecule has 0 saturated carbocycles. The topological polar surface area (TPSA) is 38.8 Å². The maximum absolute atomic E-state index is 13.5. The van der Waals surface area contributed by atoms with Crippen LogP contribution in [0.4, 0.5) is 4.79 Å². The molecule has 3 aromatic rings. The molecule has 1 unspecified atom stereocenters. The summed E-state index contributed by atoms with van der Waals surface area (Å²) < 4.78 is 12.3. The molecule has 2 heterocycles. The van der Waals surface area contributed by atoms with Crippen molar-refractivity contribution in [3.8, 4) is 11.1 Å². The van der Waals surface area contributed by atoms with Crippen molar-refractivity contribution in [3.05, 3.63) is 95.1 Å². The van der Waals surface area contributed by atoms with E-state index in [9.17, 15) is 4.79 Å². The summed E-state index contributed by atoms with van der Waals surface area (Å²) in [5.41, 5.74) is 7.52. The van der Waals surface area contributed by atoms with E-state index in [0.29, 0.717) is 19.8 Å². The van der Waals surface area contributed by atoms with Gasteiger partial charge >= 0.3 is 6.09 Å². The molecule has 1 aliphatic carbocycles. The lowest BCUT2D eigenvalue weighted by atomic mass is 9.86. The molecule has 0 N–H and O–H groups in total. The average molecular weight is 454 g/mol. The number of hydrogen-bond donors (Lipinski definition) is 0. The lowest BCUT2D eigenvalue weighted by molar-refractivity contribution is -0.0128. The highest BCUT2D eigenvalue weighted by molar-refractivity contribution is 5.79. The van der Waals surface area contributed by atoms with Crippen LogP contribution in [0.15, 0.2) is 72.8 Å². The van der Waals surface area contributed by atoms with Crippen molar-refractivity contribution in [2.45, 2.75) is 44.8 Å². The van der Waals surface area contributed by atoms with E-state index in [1.165, 1.54) is 33.4 Å². The molecule has 174 valence electrons. The quantitative estimate of drug-likeness (QED) is 0.464. The van der Waals surface area contributed by atoms with Crippen LogP contribution in [0.3, 0.4) is 0 Å². The second kappa shape index (κ2) is 8.28. The van der Waals surface area contributed by atoms with E-state index in [1.54, 1.807) is 0 Å². The molecule has 1 fully saturated rings. The maximum Gasteiger partial charge on any atom is 0.410 e. The lowest BCUT2D eigenvalue weighted by Gasteiger charge is -2.35. The number of carbonyl (C=O) groups excluding carboxylic acids is 1. The predicted molar refractivity (Wildman–Crippen MR) is 133 cm³/mol. The number of rotatable bonds is 3. The zero-order valence-corrected chi connectivity index (χ0v) is 19.9. The molecule has 4 heteroatoms. The highest BCUT2D eigenvalue weighted by Gasteiger charge is 2.46. The second-order valence-electron chi connectivity index (χ2n) is 10.6. The minimum Gasteiger partial charge on any atom is -0.448 e. The number of ether oxygens (including phenoxy) is 2. The smallest absolute Gasteiger partial charge is 0.410 e. The van der Waals surface area contributed by atoms with Gasteiger partial charge in [0, 0.05) is 12.5 Å². The molecule has 1 amide bonds. The average Bonchev–Trinajstić information content (AvgIpc) is 3.36. The van der Waals surface area contributed by atoms with Crippen molar-refractivity contribution in [3.63, 3.8) is 0 Å². The SMILES string of the molecule is CC1(C)CC([C@H]2OCCc3ccccc32)N(C(=O)OCC2c3ccccc3-c3ccccc32)C1. The Hall–Kier alpha value is -3.11. The van der Waals surface area contributed by atoms with Crippen molar-refractivity contribution in [2.75, 3.05) is 19.8 Å². The Balaban J connectivity index is 1.24. The normalized spacial score (nSPS) is 22.7.